The summed E-state index contributed by atoms with van der Waals surface area (Å²) in [7, 11) is 0. The van der Waals surface area contributed by atoms with Crippen LogP contribution >= 0.6 is 0 Å². The minimum absolute atomic E-state index is 0.154. The van der Waals surface area contributed by atoms with Crippen LogP contribution in [0.3, 0.4) is 0 Å². The molecule has 1 saturated heterocycles. The lowest BCUT2D eigenvalue weighted by molar-refractivity contribution is -0.132. The van der Waals surface area contributed by atoms with Crippen LogP contribution in [0, 0.1) is 12.7 Å². The van der Waals surface area contributed by atoms with Crippen LogP contribution in [-0.2, 0) is 11.2 Å². The molecule has 1 fully saturated rings. The van der Waals surface area contributed by atoms with Gasteiger partial charge in [-0.2, -0.15) is 5.10 Å². The zero-order valence-electron chi connectivity index (χ0n) is 12.4. The SMILES string of the molecule is Cc1nc([C@@H]2CC(F)(F)CN2C(=O)Cc2ccccc2F)n[nH]1. The Morgan fingerprint density at radius 1 is 1.43 bits per heavy atom. The molecule has 1 amide bonds. The highest BCUT2D eigenvalue weighted by molar-refractivity contribution is 5.79. The van der Waals surface area contributed by atoms with Crippen molar-refractivity contribution in [3.63, 3.8) is 0 Å². The molecule has 2 heterocycles. The summed E-state index contributed by atoms with van der Waals surface area (Å²) in [6.45, 7) is 0.938. The molecule has 5 nitrogen and oxygen atoms in total. The molecular weight excluding hydrogens is 309 g/mol. The molecule has 8 heteroatoms. The van der Waals surface area contributed by atoms with E-state index in [1.807, 2.05) is 0 Å². The number of amides is 1. The number of H-pyrrole nitrogens is 1. The van der Waals surface area contributed by atoms with Gasteiger partial charge in [-0.15, -0.1) is 0 Å². The van der Waals surface area contributed by atoms with E-state index in [1.54, 1.807) is 13.0 Å². The van der Waals surface area contributed by atoms with E-state index in [9.17, 15) is 18.0 Å². The van der Waals surface area contributed by atoms with Gasteiger partial charge in [0.1, 0.15) is 11.6 Å². The lowest BCUT2D eigenvalue weighted by atomic mass is 10.1. The average molecular weight is 324 g/mol. The van der Waals surface area contributed by atoms with Gasteiger partial charge in [-0.25, -0.2) is 18.2 Å². The molecular formula is C15H15F3N4O. The van der Waals surface area contributed by atoms with Crippen molar-refractivity contribution < 1.29 is 18.0 Å². The second-order valence-electron chi connectivity index (χ2n) is 5.64. The normalized spacial score (nSPS) is 20.0. The number of aryl methyl sites for hydroxylation is 1. The van der Waals surface area contributed by atoms with Crippen molar-refractivity contribution in [3.05, 3.63) is 47.3 Å². The Labute approximate surface area is 130 Å². The van der Waals surface area contributed by atoms with Crippen molar-refractivity contribution in [1.82, 2.24) is 20.1 Å². The zero-order chi connectivity index (χ0) is 16.6. The largest absolute Gasteiger partial charge is 0.326 e. The molecule has 0 aliphatic carbocycles. The smallest absolute Gasteiger partial charge is 0.267 e. The lowest BCUT2D eigenvalue weighted by Crippen LogP contribution is -2.34. The van der Waals surface area contributed by atoms with E-state index >= 15 is 0 Å². The summed E-state index contributed by atoms with van der Waals surface area (Å²) in [6, 6.07) is 4.90. The standard InChI is InChI=1S/C15H15F3N4O/c1-9-19-14(21-20-9)12-7-15(17,18)8-22(12)13(23)6-10-4-2-3-5-11(10)16/h2-5,12H,6-8H2,1H3,(H,19,20,21)/t12-/m0/s1. The predicted octanol–water partition coefficient (Wildman–Crippen LogP) is 2.40. The number of nitrogens with one attached hydrogen (secondary N) is 1. The molecule has 0 radical (unpaired) electrons. The number of carbonyl (C=O) groups is 1. The Morgan fingerprint density at radius 2 is 2.17 bits per heavy atom. The monoisotopic (exact) mass is 324 g/mol. The molecule has 122 valence electrons. The number of rotatable bonds is 3. The van der Waals surface area contributed by atoms with Crippen LogP contribution in [0.5, 0.6) is 0 Å². The molecule has 1 aromatic carbocycles. The summed E-state index contributed by atoms with van der Waals surface area (Å²) in [5.74, 6) is -3.47. The first-order valence-corrected chi connectivity index (χ1v) is 7.15. The van der Waals surface area contributed by atoms with Crippen molar-refractivity contribution in [2.75, 3.05) is 6.54 Å². The first-order chi connectivity index (χ1) is 10.9. The maximum Gasteiger partial charge on any atom is 0.267 e. The molecule has 0 bridgehead atoms. The van der Waals surface area contributed by atoms with E-state index in [1.165, 1.54) is 18.2 Å². The number of likely N-dealkylation sites (tertiary alicyclic amines) is 1. The fourth-order valence-corrected chi connectivity index (χ4v) is 2.72. The van der Waals surface area contributed by atoms with Gasteiger partial charge in [0.25, 0.3) is 5.92 Å². The van der Waals surface area contributed by atoms with Crippen molar-refractivity contribution in [2.45, 2.75) is 31.7 Å². The molecule has 3 rings (SSSR count). The molecule has 23 heavy (non-hydrogen) atoms. The number of nitrogens with zero attached hydrogens (tertiary/aromatic N) is 3. The van der Waals surface area contributed by atoms with Crippen LogP contribution in [0.1, 0.15) is 29.7 Å². The van der Waals surface area contributed by atoms with E-state index in [-0.39, 0.29) is 17.8 Å². The van der Waals surface area contributed by atoms with Crippen LogP contribution < -0.4 is 0 Å². The van der Waals surface area contributed by atoms with Gasteiger partial charge in [-0.05, 0) is 18.6 Å². The highest BCUT2D eigenvalue weighted by Crippen LogP contribution is 2.40. The van der Waals surface area contributed by atoms with Gasteiger partial charge in [0.05, 0.1) is 19.0 Å². The van der Waals surface area contributed by atoms with Crippen LogP contribution in [0.15, 0.2) is 24.3 Å². The number of aromatic nitrogens is 3. The number of hydrogen-bond donors (Lipinski definition) is 1. The Morgan fingerprint density at radius 3 is 2.83 bits per heavy atom. The minimum atomic E-state index is -3.01. The van der Waals surface area contributed by atoms with Crippen LogP contribution in [0.25, 0.3) is 0 Å². The van der Waals surface area contributed by atoms with Crippen LogP contribution in [0.2, 0.25) is 0 Å². The summed E-state index contributed by atoms with van der Waals surface area (Å²) >= 11 is 0. The Hall–Kier alpha value is -2.38. The predicted molar refractivity (Wildman–Crippen MR) is 75.2 cm³/mol. The summed E-state index contributed by atoms with van der Waals surface area (Å²) in [5, 5.41) is 6.47. The fourth-order valence-electron chi connectivity index (χ4n) is 2.72. The topological polar surface area (TPSA) is 61.9 Å². The van der Waals surface area contributed by atoms with Crippen molar-refractivity contribution >= 4 is 5.91 Å². The van der Waals surface area contributed by atoms with E-state index in [4.69, 9.17) is 0 Å². The van der Waals surface area contributed by atoms with Gasteiger partial charge in [0.2, 0.25) is 5.91 Å². The Bertz CT molecular complexity index is 731. The van der Waals surface area contributed by atoms with Crippen LogP contribution in [-0.4, -0.2) is 38.5 Å². The van der Waals surface area contributed by atoms with E-state index in [2.05, 4.69) is 15.2 Å². The Balaban J connectivity index is 1.84. The molecule has 1 N–H and O–H groups in total. The van der Waals surface area contributed by atoms with Gasteiger partial charge in [0.15, 0.2) is 5.82 Å². The van der Waals surface area contributed by atoms with Crippen molar-refractivity contribution in [3.8, 4) is 0 Å². The molecule has 2 aromatic rings. The first kappa shape index (κ1) is 15.5. The van der Waals surface area contributed by atoms with Gasteiger partial charge in [-0.3, -0.25) is 9.89 Å². The van der Waals surface area contributed by atoms with Crippen molar-refractivity contribution in [1.29, 1.82) is 0 Å². The molecule has 0 spiro atoms. The Kier molecular flexibility index (Phi) is 3.83. The van der Waals surface area contributed by atoms with Gasteiger partial charge < -0.3 is 4.90 Å². The number of halogens is 3. The van der Waals surface area contributed by atoms with Crippen molar-refractivity contribution in [2.24, 2.45) is 0 Å². The molecule has 1 aromatic heterocycles. The van der Waals surface area contributed by atoms with Crippen LogP contribution in [0.4, 0.5) is 13.2 Å². The summed E-state index contributed by atoms with van der Waals surface area (Å²) < 4.78 is 41.2. The quantitative estimate of drug-likeness (QED) is 0.943. The number of hydrogen-bond acceptors (Lipinski definition) is 3. The maximum absolute atomic E-state index is 13.8. The zero-order valence-corrected chi connectivity index (χ0v) is 12.4. The van der Waals surface area contributed by atoms with E-state index < -0.39 is 36.7 Å². The van der Waals surface area contributed by atoms with Gasteiger partial charge in [0, 0.05) is 6.42 Å². The van der Waals surface area contributed by atoms with E-state index in [0.29, 0.717) is 5.82 Å². The lowest BCUT2D eigenvalue weighted by Gasteiger charge is -2.22. The third-order valence-corrected chi connectivity index (χ3v) is 3.80. The highest BCUT2D eigenvalue weighted by atomic mass is 19.3. The van der Waals surface area contributed by atoms with Gasteiger partial charge in [-0.1, -0.05) is 18.2 Å². The van der Waals surface area contributed by atoms with Gasteiger partial charge >= 0.3 is 0 Å². The fraction of sp³-hybridized carbons (Fsp3) is 0.400. The maximum atomic E-state index is 13.8. The average Bonchev–Trinajstić information content (AvgIpc) is 3.04. The first-order valence-electron chi connectivity index (χ1n) is 7.15. The van der Waals surface area contributed by atoms with E-state index in [0.717, 1.165) is 4.90 Å². The molecule has 0 unspecified atom stereocenters. The number of carbonyl (C=O) groups excluding carboxylic acids is 1. The minimum Gasteiger partial charge on any atom is -0.326 e. The summed E-state index contributed by atoms with van der Waals surface area (Å²) in [4.78, 5) is 17.5. The molecule has 1 atom stereocenters. The number of benzene rings is 1. The number of alkyl halides is 2. The summed E-state index contributed by atoms with van der Waals surface area (Å²) in [5.41, 5.74) is 0.178. The third-order valence-electron chi connectivity index (χ3n) is 3.80. The number of aromatic amines is 1. The molecule has 0 saturated carbocycles. The second-order valence-corrected chi connectivity index (χ2v) is 5.64. The molecule has 1 aliphatic heterocycles. The third kappa shape index (κ3) is 3.20. The molecule has 1 aliphatic rings. The highest BCUT2D eigenvalue weighted by Gasteiger charge is 2.48. The second kappa shape index (κ2) is 5.68. The summed E-state index contributed by atoms with van der Waals surface area (Å²) in [6.07, 6.45) is -0.810.